The van der Waals surface area contributed by atoms with Crippen molar-refractivity contribution in [2.45, 2.75) is 25.8 Å². The van der Waals surface area contributed by atoms with E-state index in [1.807, 2.05) is 6.07 Å². The van der Waals surface area contributed by atoms with Gasteiger partial charge < -0.3 is 5.11 Å². The number of carbonyl (C=O) groups is 1. The first-order chi connectivity index (χ1) is 9.04. The highest BCUT2D eigenvalue weighted by Gasteiger charge is 2.22. The Morgan fingerprint density at radius 3 is 3.00 bits per heavy atom. The van der Waals surface area contributed by atoms with Gasteiger partial charge in [0.2, 0.25) is 0 Å². The first-order valence-corrected chi connectivity index (χ1v) is 7.22. The second kappa shape index (κ2) is 6.48. The molecule has 1 aliphatic heterocycles. The van der Waals surface area contributed by atoms with Crippen LogP contribution in [0.3, 0.4) is 0 Å². The Kier molecular flexibility index (Phi) is 4.93. The number of aliphatic carboxylic acids is 1. The van der Waals surface area contributed by atoms with E-state index in [-0.39, 0.29) is 12.2 Å². The second-order valence-electron chi connectivity index (χ2n) is 5.07. The van der Waals surface area contributed by atoms with Crippen molar-refractivity contribution in [3.8, 4) is 0 Å². The quantitative estimate of drug-likeness (QED) is 0.901. The highest BCUT2D eigenvalue weighted by Crippen LogP contribution is 2.24. The molecule has 0 amide bonds. The number of benzene rings is 1. The largest absolute Gasteiger partial charge is 0.481 e. The molecule has 1 fully saturated rings. The van der Waals surface area contributed by atoms with E-state index >= 15 is 0 Å². The molecule has 5 heteroatoms. The van der Waals surface area contributed by atoms with Gasteiger partial charge in [0, 0.05) is 19.5 Å². The number of rotatable bonds is 5. The summed E-state index contributed by atoms with van der Waals surface area (Å²) in [6.45, 7) is 2.60. The molecule has 0 aliphatic carbocycles. The summed E-state index contributed by atoms with van der Waals surface area (Å²) >= 11 is 3.14. The Morgan fingerprint density at radius 2 is 2.32 bits per heavy atom. The summed E-state index contributed by atoms with van der Waals surface area (Å²) in [7, 11) is 0. The van der Waals surface area contributed by atoms with Crippen molar-refractivity contribution in [3.63, 3.8) is 0 Å². The van der Waals surface area contributed by atoms with E-state index in [0.717, 1.165) is 38.0 Å². The molecule has 3 nitrogen and oxygen atoms in total. The van der Waals surface area contributed by atoms with Gasteiger partial charge in [0.15, 0.2) is 0 Å². The molecule has 0 saturated carbocycles. The van der Waals surface area contributed by atoms with Crippen LogP contribution in [0.5, 0.6) is 0 Å². The molecule has 1 heterocycles. The van der Waals surface area contributed by atoms with Gasteiger partial charge in [0.05, 0.1) is 4.47 Å². The van der Waals surface area contributed by atoms with Crippen LogP contribution in [0.1, 0.15) is 24.8 Å². The van der Waals surface area contributed by atoms with Gasteiger partial charge in [0.1, 0.15) is 5.82 Å². The first kappa shape index (κ1) is 14.5. The molecular weight excluding hydrogens is 313 g/mol. The average Bonchev–Trinajstić information content (AvgIpc) is 2.79. The lowest BCUT2D eigenvalue weighted by Gasteiger charge is -2.16. The summed E-state index contributed by atoms with van der Waals surface area (Å²) in [6, 6.07) is 5.19. The zero-order chi connectivity index (χ0) is 13.8. The number of hydrogen-bond acceptors (Lipinski definition) is 2. The summed E-state index contributed by atoms with van der Waals surface area (Å²) in [5.74, 6) is -0.510. The minimum Gasteiger partial charge on any atom is -0.481 e. The van der Waals surface area contributed by atoms with E-state index in [2.05, 4.69) is 20.8 Å². The molecule has 1 aromatic rings. The lowest BCUT2D eigenvalue weighted by atomic mass is 10.0. The van der Waals surface area contributed by atoms with E-state index < -0.39 is 5.97 Å². The third kappa shape index (κ3) is 4.28. The summed E-state index contributed by atoms with van der Waals surface area (Å²) in [6.07, 6.45) is 2.01. The van der Waals surface area contributed by atoms with Crippen LogP contribution in [-0.2, 0) is 11.3 Å². The number of carboxylic acids is 1. The van der Waals surface area contributed by atoms with Crippen molar-refractivity contribution in [1.82, 2.24) is 4.90 Å². The van der Waals surface area contributed by atoms with Gasteiger partial charge in [-0.15, -0.1) is 0 Å². The van der Waals surface area contributed by atoms with Crippen molar-refractivity contribution in [3.05, 3.63) is 34.1 Å². The topological polar surface area (TPSA) is 40.5 Å². The third-order valence-corrected chi connectivity index (χ3v) is 4.17. The molecule has 0 bridgehead atoms. The van der Waals surface area contributed by atoms with Gasteiger partial charge in [-0.3, -0.25) is 9.69 Å². The van der Waals surface area contributed by atoms with Crippen molar-refractivity contribution in [2.24, 2.45) is 5.92 Å². The van der Waals surface area contributed by atoms with Gasteiger partial charge >= 0.3 is 5.97 Å². The van der Waals surface area contributed by atoms with Crippen LogP contribution in [0, 0.1) is 11.7 Å². The van der Waals surface area contributed by atoms with Gasteiger partial charge in [0.25, 0.3) is 0 Å². The van der Waals surface area contributed by atoms with Gasteiger partial charge in [-0.05, 0) is 58.9 Å². The molecule has 1 aliphatic rings. The monoisotopic (exact) mass is 329 g/mol. The fourth-order valence-corrected chi connectivity index (χ4v) is 2.76. The third-order valence-electron chi connectivity index (χ3n) is 3.53. The van der Waals surface area contributed by atoms with Gasteiger partial charge in [-0.25, -0.2) is 4.39 Å². The molecule has 1 atom stereocenters. The Balaban J connectivity index is 1.84. The Labute approximate surface area is 120 Å². The maximum atomic E-state index is 13.4. The molecule has 1 aromatic carbocycles. The second-order valence-corrected chi connectivity index (χ2v) is 5.93. The van der Waals surface area contributed by atoms with E-state index in [4.69, 9.17) is 5.11 Å². The molecular formula is C14H17BrFNO2. The fraction of sp³-hybridized carbons (Fsp3) is 0.500. The van der Waals surface area contributed by atoms with Crippen molar-refractivity contribution >= 4 is 21.9 Å². The van der Waals surface area contributed by atoms with Gasteiger partial charge in [-0.1, -0.05) is 6.07 Å². The minimum absolute atomic E-state index is 0.237. The molecule has 1 saturated heterocycles. The highest BCUT2D eigenvalue weighted by atomic mass is 79.9. The normalized spacial score (nSPS) is 19.8. The van der Waals surface area contributed by atoms with Crippen LogP contribution in [-0.4, -0.2) is 29.1 Å². The van der Waals surface area contributed by atoms with Crippen LogP contribution in [0.4, 0.5) is 4.39 Å². The van der Waals surface area contributed by atoms with Gasteiger partial charge in [-0.2, -0.15) is 0 Å². The minimum atomic E-state index is -0.728. The Hall–Kier alpha value is -0.940. The standard InChI is InChI=1S/C14H17BrFNO2/c15-12-3-1-11(7-13(12)16)9-17-6-5-10(8-17)2-4-14(18)19/h1,3,7,10H,2,4-6,8-9H2,(H,18,19). The van der Waals surface area contributed by atoms with E-state index in [1.54, 1.807) is 12.1 Å². The van der Waals surface area contributed by atoms with Crippen molar-refractivity contribution in [1.29, 1.82) is 0 Å². The van der Waals surface area contributed by atoms with Crippen LogP contribution in [0.25, 0.3) is 0 Å². The molecule has 104 valence electrons. The maximum Gasteiger partial charge on any atom is 0.303 e. The first-order valence-electron chi connectivity index (χ1n) is 6.42. The lowest BCUT2D eigenvalue weighted by Crippen LogP contribution is -2.20. The van der Waals surface area contributed by atoms with E-state index in [9.17, 15) is 9.18 Å². The Bertz CT molecular complexity index is 467. The summed E-state index contributed by atoms with van der Waals surface area (Å²) in [4.78, 5) is 12.8. The molecule has 0 aromatic heterocycles. The zero-order valence-corrected chi connectivity index (χ0v) is 12.2. The molecule has 19 heavy (non-hydrogen) atoms. The SMILES string of the molecule is O=C(O)CCC1CCN(Cc2ccc(Br)c(F)c2)C1. The van der Waals surface area contributed by atoms with Crippen LogP contribution in [0.2, 0.25) is 0 Å². The van der Waals surface area contributed by atoms with Crippen LogP contribution in [0.15, 0.2) is 22.7 Å². The predicted octanol–water partition coefficient (Wildman–Crippen LogP) is 3.27. The lowest BCUT2D eigenvalue weighted by molar-refractivity contribution is -0.137. The predicted molar refractivity (Wildman–Crippen MR) is 74.4 cm³/mol. The Morgan fingerprint density at radius 1 is 1.53 bits per heavy atom. The zero-order valence-electron chi connectivity index (χ0n) is 10.6. The smallest absolute Gasteiger partial charge is 0.303 e. The van der Waals surface area contributed by atoms with Crippen LogP contribution >= 0.6 is 15.9 Å². The van der Waals surface area contributed by atoms with E-state index in [1.165, 1.54) is 0 Å². The number of carboxylic acid groups (broad SMARTS) is 1. The number of nitrogens with zero attached hydrogens (tertiary/aromatic N) is 1. The summed E-state index contributed by atoms with van der Waals surface area (Å²) in [5.41, 5.74) is 0.958. The molecule has 0 radical (unpaired) electrons. The number of likely N-dealkylation sites (tertiary alicyclic amines) is 1. The maximum absolute atomic E-state index is 13.4. The van der Waals surface area contributed by atoms with E-state index in [0.29, 0.717) is 10.4 Å². The summed E-state index contributed by atoms with van der Waals surface area (Å²) in [5, 5.41) is 8.67. The summed E-state index contributed by atoms with van der Waals surface area (Å²) < 4.78 is 13.9. The fourth-order valence-electron chi connectivity index (χ4n) is 2.52. The number of halogens is 2. The molecule has 1 N–H and O–H groups in total. The molecule has 1 unspecified atom stereocenters. The van der Waals surface area contributed by atoms with Crippen LogP contribution < -0.4 is 0 Å². The average molecular weight is 330 g/mol. The van der Waals surface area contributed by atoms with Crippen molar-refractivity contribution < 1.29 is 14.3 Å². The molecule has 2 rings (SSSR count). The number of hydrogen-bond donors (Lipinski definition) is 1. The van der Waals surface area contributed by atoms with Crippen molar-refractivity contribution in [2.75, 3.05) is 13.1 Å². The highest BCUT2D eigenvalue weighted by molar-refractivity contribution is 9.10. The molecule has 0 spiro atoms.